The van der Waals surface area contributed by atoms with Gasteiger partial charge in [0.1, 0.15) is 5.83 Å². The van der Waals surface area contributed by atoms with E-state index in [-0.39, 0.29) is 23.3 Å². The van der Waals surface area contributed by atoms with Gasteiger partial charge in [-0.15, -0.1) is 0 Å². The molecule has 0 aromatic carbocycles. The second kappa shape index (κ2) is 13.6. The monoisotopic (exact) mass is 441 g/mol. The molecule has 0 bridgehead atoms. The Hall–Kier alpha value is -2.75. The van der Waals surface area contributed by atoms with Crippen molar-refractivity contribution in [2.75, 3.05) is 0 Å². The van der Waals surface area contributed by atoms with E-state index in [9.17, 15) is 4.39 Å². The van der Waals surface area contributed by atoms with Gasteiger partial charge in [0.25, 0.3) is 0 Å². The summed E-state index contributed by atoms with van der Waals surface area (Å²) in [6.45, 7) is 31.9. The van der Waals surface area contributed by atoms with Crippen LogP contribution in [0.3, 0.4) is 0 Å². The molecule has 0 aromatic heterocycles. The van der Waals surface area contributed by atoms with E-state index in [4.69, 9.17) is 0 Å². The molecule has 0 saturated heterocycles. The summed E-state index contributed by atoms with van der Waals surface area (Å²) in [5.74, 6) is -0.365. The minimum absolute atomic E-state index is 0.000944. The number of hydrogen-bond acceptors (Lipinski definition) is 3. The Morgan fingerprint density at radius 2 is 1.53 bits per heavy atom. The SMILES string of the molecule is C=C/C(C)=C\C(=C/C)NC(=C)/C(C=C)=C\C(F)=C(/C)NC(C)[C@H](C)NC(=C)CC(C)(C)C. The largest absolute Gasteiger partial charge is 0.384 e. The van der Waals surface area contributed by atoms with E-state index in [1.165, 1.54) is 6.08 Å². The highest BCUT2D eigenvalue weighted by molar-refractivity contribution is 5.43. The number of nitrogens with one attached hydrogen (secondary N) is 3. The van der Waals surface area contributed by atoms with Gasteiger partial charge in [-0.1, -0.05) is 65.3 Å². The summed E-state index contributed by atoms with van der Waals surface area (Å²) >= 11 is 0. The van der Waals surface area contributed by atoms with E-state index >= 15 is 0 Å². The first-order valence-electron chi connectivity index (χ1n) is 11.1. The number of allylic oxidation sites excluding steroid dienone is 9. The first kappa shape index (κ1) is 29.2. The maximum absolute atomic E-state index is 14.9. The molecule has 0 aliphatic rings. The average molecular weight is 442 g/mol. The van der Waals surface area contributed by atoms with Crippen LogP contribution >= 0.6 is 0 Å². The molecule has 0 saturated carbocycles. The van der Waals surface area contributed by atoms with Crippen LogP contribution in [-0.2, 0) is 0 Å². The Bertz CT molecular complexity index is 816. The predicted molar refractivity (Wildman–Crippen MR) is 140 cm³/mol. The van der Waals surface area contributed by atoms with Gasteiger partial charge in [0.05, 0.1) is 0 Å². The topological polar surface area (TPSA) is 36.1 Å². The summed E-state index contributed by atoms with van der Waals surface area (Å²) in [6, 6.07) is 0.0882. The quantitative estimate of drug-likeness (QED) is 0.262. The second-order valence-electron chi connectivity index (χ2n) is 9.42. The lowest BCUT2D eigenvalue weighted by Crippen LogP contribution is -2.43. The van der Waals surface area contributed by atoms with E-state index < -0.39 is 0 Å². The first-order valence-corrected chi connectivity index (χ1v) is 11.1. The highest BCUT2D eigenvalue weighted by atomic mass is 19.1. The smallest absolute Gasteiger partial charge is 0.142 e. The summed E-state index contributed by atoms with van der Waals surface area (Å²) in [7, 11) is 0. The van der Waals surface area contributed by atoms with Gasteiger partial charge in [-0.05, 0) is 69.8 Å². The van der Waals surface area contributed by atoms with E-state index in [1.54, 1.807) is 19.1 Å². The molecule has 0 spiro atoms. The third-order valence-corrected chi connectivity index (χ3v) is 4.89. The molecular formula is C28H44FN3. The summed E-state index contributed by atoms with van der Waals surface area (Å²) in [5, 5.41) is 9.86. The molecule has 0 aliphatic carbocycles. The number of hydrogen-bond donors (Lipinski definition) is 3. The fourth-order valence-corrected chi connectivity index (χ4v) is 2.93. The van der Waals surface area contributed by atoms with Crippen molar-refractivity contribution in [3.05, 3.63) is 96.5 Å². The Morgan fingerprint density at radius 3 is 2.00 bits per heavy atom. The summed E-state index contributed by atoms with van der Waals surface area (Å²) < 4.78 is 14.9. The van der Waals surface area contributed by atoms with E-state index in [0.29, 0.717) is 17.0 Å². The molecule has 32 heavy (non-hydrogen) atoms. The molecular weight excluding hydrogens is 397 g/mol. The molecule has 178 valence electrons. The highest BCUT2D eigenvalue weighted by Crippen LogP contribution is 2.22. The van der Waals surface area contributed by atoms with Crippen LogP contribution in [0.4, 0.5) is 4.39 Å². The van der Waals surface area contributed by atoms with E-state index in [0.717, 1.165) is 23.4 Å². The molecule has 0 heterocycles. The van der Waals surface area contributed by atoms with Gasteiger partial charge in [0.15, 0.2) is 0 Å². The standard InChI is InChI=1S/C28H44FN3/c1-13-19(4)16-26(15-3)32-23(8)25(14-2)17-27(29)24(9)31-22(7)21(6)30-20(5)18-28(10,11)12/h13-17,21-22,30-32H,1-2,5,8,18H2,3-4,6-7,9-12H3/b19-16-,25-17-,26-15+,27-24-/t21-,22?/m0/s1. The van der Waals surface area contributed by atoms with Gasteiger partial charge < -0.3 is 16.0 Å². The van der Waals surface area contributed by atoms with Crippen LogP contribution in [0.15, 0.2) is 96.5 Å². The van der Waals surface area contributed by atoms with Gasteiger partial charge in [-0.3, -0.25) is 0 Å². The van der Waals surface area contributed by atoms with Crippen molar-refractivity contribution in [3.63, 3.8) is 0 Å². The zero-order valence-corrected chi connectivity index (χ0v) is 21.5. The molecule has 0 amide bonds. The lowest BCUT2D eigenvalue weighted by Gasteiger charge is -2.28. The summed E-state index contributed by atoms with van der Waals surface area (Å²) in [5.41, 5.74) is 4.60. The molecule has 3 nitrogen and oxygen atoms in total. The van der Waals surface area contributed by atoms with Gasteiger partial charge in [-0.25, -0.2) is 4.39 Å². The van der Waals surface area contributed by atoms with Crippen LogP contribution in [0.1, 0.15) is 61.8 Å². The van der Waals surface area contributed by atoms with Crippen LogP contribution in [0, 0.1) is 5.41 Å². The molecule has 0 aromatic rings. The number of rotatable bonds is 13. The molecule has 0 radical (unpaired) electrons. The van der Waals surface area contributed by atoms with Crippen LogP contribution in [0.5, 0.6) is 0 Å². The molecule has 1 unspecified atom stereocenters. The number of halogens is 1. The van der Waals surface area contributed by atoms with Crippen LogP contribution in [0.25, 0.3) is 0 Å². The van der Waals surface area contributed by atoms with Crippen molar-refractivity contribution < 1.29 is 4.39 Å². The van der Waals surface area contributed by atoms with Crippen LogP contribution in [0.2, 0.25) is 0 Å². The normalized spacial score (nSPS) is 15.8. The molecule has 0 fully saturated rings. The highest BCUT2D eigenvalue weighted by Gasteiger charge is 2.17. The summed E-state index contributed by atoms with van der Waals surface area (Å²) in [4.78, 5) is 0. The van der Waals surface area contributed by atoms with E-state index in [2.05, 4.69) is 70.0 Å². The van der Waals surface area contributed by atoms with Crippen molar-refractivity contribution in [2.45, 2.75) is 73.9 Å². The van der Waals surface area contributed by atoms with Gasteiger partial charge in [-0.2, -0.15) is 0 Å². The Labute approximate surface area is 196 Å². The maximum atomic E-state index is 14.9. The lowest BCUT2D eigenvalue weighted by atomic mass is 9.90. The minimum Gasteiger partial charge on any atom is -0.384 e. The lowest BCUT2D eigenvalue weighted by molar-refractivity contribution is 0.379. The average Bonchev–Trinajstić information content (AvgIpc) is 2.68. The van der Waals surface area contributed by atoms with Crippen molar-refractivity contribution >= 4 is 0 Å². The predicted octanol–water partition coefficient (Wildman–Crippen LogP) is 7.35. The minimum atomic E-state index is -0.365. The molecule has 3 N–H and O–H groups in total. The third kappa shape index (κ3) is 11.6. The zero-order chi connectivity index (χ0) is 25.1. The molecule has 0 rings (SSSR count). The molecule has 0 aliphatic heterocycles. The Balaban J connectivity index is 5.30. The second-order valence-corrected chi connectivity index (χ2v) is 9.42. The van der Waals surface area contributed by atoms with Gasteiger partial charge in [0.2, 0.25) is 0 Å². The first-order chi connectivity index (χ1) is 14.7. The maximum Gasteiger partial charge on any atom is 0.142 e. The van der Waals surface area contributed by atoms with Crippen molar-refractivity contribution in [1.29, 1.82) is 0 Å². The summed E-state index contributed by atoms with van der Waals surface area (Å²) in [6.07, 6.45) is 9.53. The molecule has 2 atom stereocenters. The van der Waals surface area contributed by atoms with Gasteiger partial charge in [0, 0.05) is 34.9 Å². The van der Waals surface area contributed by atoms with E-state index in [1.807, 2.05) is 32.9 Å². The van der Waals surface area contributed by atoms with Crippen LogP contribution in [-0.4, -0.2) is 12.1 Å². The zero-order valence-electron chi connectivity index (χ0n) is 21.5. The molecule has 4 heteroatoms. The Kier molecular flexibility index (Phi) is 12.4. The third-order valence-electron chi connectivity index (χ3n) is 4.89. The fraction of sp³-hybridized carbons (Fsp3) is 0.429. The van der Waals surface area contributed by atoms with Crippen molar-refractivity contribution in [1.82, 2.24) is 16.0 Å². The fourth-order valence-electron chi connectivity index (χ4n) is 2.93. The van der Waals surface area contributed by atoms with Crippen molar-refractivity contribution in [3.8, 4) is 0 Å². The Morgan fingerprint density at radius 1 is 0.969 bits per heavy atom. The van der Waals surface area contributed by atoms with Crippen LogP contribution < -0.4 is 16.0 Å². The van der Waals surface area contributed by atoms with Gasteiger partial charge >= 0.3 is 0 Å². The van der Waals surface area contributed by atoms with Crippen molar-refractivity contribution in [2.24, 2.45) is 5.41 Å².